The first-order chi connectivity index (χ1) is 10.6. The molecule has 0 spiro atoms. The first-order valence-electron chi connectivity index (χ1n) is 8.23. The van der Waals surface area contributed by atoms with E-state index >= 15 is 0 Å². The molecule has 1 aliphatic carbocycles. The van der Waals surface area contributed by atoms with Crippen LogP contribution in [0, 0.1) is 11.7 Å². The Morgan fingerprint density at radius 1 is 1.32 bits per heavy atom. The van der Waals surface area contributed by atoms with Crippen molar-refractivity contribution in [2.45, 2.75) is 58.0 Å². The highest BCUT2D eigenvalue weighted by molar-refractivity contribution is 5.87. The van der Waals surface area contributed by atoms with Crippen LogP contribution in [0.1, 0.15) is 61.4 Å². The summed E-state index contributed by atoms with van der Waals surface area (Å²) in [6.45, 7) is 2.98. The number of hydrogen-bond acceptors (Lipinski definition) is 2. The van der Waals surface area contributed by atoms with Gasteiger partial charge < -0.3 is 9.84 Å². The second kappa shape index (κ2) is 8.28. The van der Waals surface area contributed by atoms with Crippen molar-refractivity contribution < 1.29 is 19.0 Å². The smallest absolute Gasteiger partial charge is 0.338 e. The normalized spacial score (nSPS) is 21.7. The van der Waals surface area contributed by atoms with Gasteiger partial charge >= 0.3 is 5.97 Å². The van der Waals surface area contributed by atoms with Gasteiger partial charge in [0.1, 0.15) is 5.82 Å². The molecule has 2 rings (SSSR count). The lowest BCUT2D eigenvalue weighted by molar-refractivity contribution is 0.0177. The predicted octanol–water partition coefficient (Wildman–Crippen LogP) is 4.44. The molecule has 0 aliphatic heterocycles. The first kappa shape index (κ1) is 16.9. The summed E-state index contributed by atoms with van der Waals surface area (Å²) < 4.78 is 19.4. The van der Waals surface area contributed by atoms with Crippen molar-refractivity contribution in [1.29, 1.82) is 0 Å². The molecule has 0 saturated heterocycles. The Kier molecular flexibility index (Phi) is 6.37. The lowest BCUT2D eigenvalue weighted by Gasteiger charge is -2.28. The Morgan fingerprint density at radius 2 is 2.05 bits per heavy atom. The Hall–Kier alpha value is -1.42. The molecule has 0 aromatic heterocycles. The van der Waals surface area contributed by atoms with Gasteiger partial charge in [-0.05, 0) is 68.6 Å². The van der Waals surface area contributed by atoms with Gasteiger partial charge in [0.2, 0.25) is 0 Å². The molecular formula is C18H25FO3. The molecule has 1 saturated carbocycles. The van der Waals surface area contributed by atoms with E-state index in [1.165, 1.54) is 25.0 Å². The maximum absolute atomic E-state index is 13.6. The maximum Gasteiger partial charge on any atom is 0.338 e. The van der Waals surface area contributed by atoms with E-state index in [-0.39, 0.29) is 5.56 Å². The van der Waals surface area contributed by atoms with Gasteiger partial charge in [0, 0.05) is 6.61 Å². The van der Waals surface area contributed by atoms with Gasteiger partial charge in [-0.2, -0.15) is 0 Å². The van der Waals surface area contributed by atoms with Crippen LogP contribution in [0.4, 0.5) is 4.39 Å². The van der Waals surface area contributed by atoms with Crippen LogP contribution in [0.3, 0.4) is 0 Å². The molecule has 0 unspecified atom stereocenters. The summed E-state index contributed by atoms with van der Waals surface area (Å²) >= 11 is 0. The number of carbonyl (C=O) groups is 1. The standard InChI is InChI=1S/C18H25FO3/c1-2-11-22-15-8-5-13(6-9-15)3-4-14-7-10-16(18(20)21)17(19)12-14/h7,10,12-13,15H,2-6,8-9,11H2,1H3,(H,20,21). The van der Waals surface area contributed by atoms with Crippen molar-refractivity contribution in [2.75, 3.05) is 6.61 Å². The lowest BCUT2D eigenvalue weighted by Crippen LogP contribution is -2.22. The van der Waals surface area contributed by atoms with Crippen LogP contribution < -0.4 is 0 Å². The van der Waals surface area contributed by atoms with Gasteiger partial charge in [0.05, 0.1) is 11.7 Å². The first-order valence-corrected chi connectivity index (χ1v) is 8.23. The van der Waals surface area contributed by atoms with Crippen molar-refractivity contribution in [3.63, 3.8) is 0 Å². The number of hydrogen-bond donors (Lipinski definition) is 1. The third-order valence-corrected chi connectivity index (χ3v) is 4.46. The van der Waals surface area contributed by atoms with Crippen LogP contribution in [0.15, 0.2) is 18.2 Å². The summed E-state index contributed by atoms with van der Waals surface area (Å²) in [7, 11) is 0. The van der Waals surface area contributed by atoms with Crippen LogP contribution in [-0.4, -0.2) is 23.8 Å². The largest absolute Gasteiger partial charge is 0.478 e. The Labute approximate surface area is 131 Å². The summed E-state index contributed by atoms with van der Waals surface area (Å²) in [6, 6.07) is 4.45. The number of carboxylic acid groups (broad SMARTS) is 1. The molecule has 1 N–H and O–H groups in total. The third kappa shape index (κ3) is 4.80. The minimum atomic E-state index is -1.21. The van der Waals surface area contributed by atoms with Crippen LogP contribution in [0.2, 0.25) is 0 Å². The lowest BCUT2D eigenvalue weighted by atomic mass is 9.83. The van der Waals surface area contributed by atoms with E-state index in [4.69, 9.17) is 9.84 Å². The van der Waals surface area contributed by atoms with E-state index in [1.807, 2.05) is 0 Å². The second-order valence-electron chi connectivity index (χ2n) is 6.17. The topological polar surface area (TPSA) is 46.5 Å². The average Bonchev–Trinajstić information content (AvgIpc) is 2.51. The molecule has 0 atom stereocenters. The number of aromatic carboxylic acids is 1. The van der Waals surface area contributed by atoms with Gasteiger partial charge in [-0.3, -0.25) is 0 Å². The van der Waals surface area contributed by atoms with Crippen LogP contribution >= 0.6 is 0 Å². The zero-order chi connectivity index (χ0) is 15.9. The van der Waals surface area contributed by atoms with E-state index in [1.54, 1.807) is 6.07 Å². The van der Waals surface area contributed by atoms with E-state index in [0.29, 0.717) is 12.0 Å². The van der Waals surface area contributed by atoms with Crippen molar-refractivity contribution in [3.8, 4) is 0 Å². The molecule has 1 aromatic carbocycles. The van der Waals surface area contributed by atoms with E-state index in [2.05, 4.69) is 6.92 Å². The number of aryl methyl sites for hydroxylation is 1. The van der Waals surface area contributed by atoms with Crippen molar-refractivity contribution in [1.82, 2.24) is 0 Å². The molecule has 122 valence electrons. The van der Waals surface area contributed by atoms with Crippen molar-refractivity contribution in [3.05, 3.63) is 35.1 Å². The maximum atomic E-state index is 13.6. The van der Waals surface area contributed by atoms with Gasteiger partial charge in [-0.25, -0.2) is 9.18 Å². The molecule has 1 aliphatic rings. The second-order valence-corrected chi connectivity index (χ2v) is 6.17. The van der Waals surface area contributed by atoms with Crippen LogP contribution in [0.5, 0.6) is 0 Å². The summed E-state index contributed by atoms with van der Waals surface area (Å²) in [6.07, 6.45) is 7.91. The number of benzene rings is 1. The summed E-state index contributed by atoms with van der Waals surface area (Å²) in [4.78, 5) is 10.8. The van der Waals surface area contributed by atoms with Crippen LogP contribution in [0.25, 0.3) is 0 Å². The minimum Gasteiger partial charge on any atom is -0.478 e. The van der Waals surface area contributed by atoms with Crippen molar-refractivity contribution >= 4 is 5.97 Å². The van der Waals surface area contributed by atoms with Crippen LogP contribution in [-0.2, 0) is 11.2 Å². The number of halogens is 1. The third-order valence-electron chi connectivity index (χ3n) is 4.46. The van der Waals surface area contributed by atoms with E-state index < -0.39 is 11.8 Å². The highest BCUT2D eigenvalue weighted by Gasteiger charge is 2.21. The number of carboxylic acids is 1. The van der Waals surface area contributed by atoms with Gasteiger partial charge in [0.15, 0.2) is 0 Å². The van der Waals surface area contributed by atoms with Gasteiger partial charge in [-0.1, -0.05) is 13.0 Å². The highest BCUT2D eigenvalue weighted by Crippen LogP contribution is 2.29. The highest BCUT2D eigenvalue weighted by atomic mass is 19.1. The Balaban J connectivity index is 1.77. The monoisotopic (exact) mass is 308 g/mol. The fourth-order valence-electron chi connectivity index (χ4n) is 3.13. The molecular weight excluding hydrogens is 283 g/mol. The molecule has 3 nitrogen and oxygen atoms in total. The Bertz CT molecular complexity index is 493. The zero-order valence-electron chi connectivity index (χ0n) is 13.2. The predicted molar refractivity (Wildman–Crippen MR) is 83.7 cm³/mol. The molecule has 0 amide bonds. The number of ether oxygens (including phenoxy) is 1. The average molecular weight is 308 g/mol. The summed E-state index contributed by atoms with van der Waals surface area (Å²) in [5.41, 5.74) is 0.629. The summed E-state index contributed by atoms with van der Waals surface area (Å²) in [5.74, 6) is -1.18. The molecule has 0 radical (unpaired) electrons. The zero-order valence-corrected chi connectivity index (χ0v) is 13.2. The van der Waals surface area contributed by atoms with E-state index in [0.717, 1.165) is 44.3 Å². The SMILES string of the molecule is CCCOC1CCC(CCc2ccc(C(=O)O)c(F)c2)CC1. The number of rotatable bonds is 7. The quantitative estimate of drug-likeness (QED) is 0.810. The fourth-order valence-corrected chi connectivity index (χ4v) is 3.13. The Morgan fingerprint density at radius 3 is 2.64 bits per heavy atom. The van der Waals surface area contributed by atoms with E-state index in [9.17, 15) is 9.18 Å². The molecule has 0 bridgehead atoms. The molecule has 1 aromatic rings. The van der Waals surface area contributed by atoms with Crippen molar-refractivity contribution in [2.24, 2.45) is 5.92 Å². The summed E-state index contributed by atoms with van der Waals surface area (Å²) in [5, 5.41) is 8.82. The fraction of sp³-hybridized carbons (Fsp3) is 0.611. The molecule has 0 heterocycles. The molecule has 1 fully saturated rings. The molecule has 22 heavy (non-hydrogen) atoms. The van der Waals surface area contributed by atoms with Gasteiger partial charge in [0.25, 0.3) is 0 Å². The minimum absolute atomic E-state index is 0.252. The van der Waals surface area contributed by atoms with Gasteiger partial charge in [-0.15, -0.1) is 0 Å². The molecule has 4 heteroatoms.